The van der Waals surface area contributed by atoms with Gasteiger partial charge in [-0.1, -0.05) is 41.4 Å². The summed E-state index contributed by atoms with van der Waals surface area (Å²) < 4.78 is 16.9. The van der Waals surface area contributed by atoms with Crippen LogP contribution in [-0.4, -0.2) is 0 Å². The predicted octanol–water partition coefficient (Wildman–Crippen LogP) is 4.71. The van der Waals surface area contributed by atoms with Crippen molar-refractivity contribution in [3.8, 4) is 17.6 Å². The van der Waals surface area contributed by atoms with Crippen molar-refractivity contribution in [3.05, 3.63) is 103 Å². The van der Waals surface area contributed by atoms with E-state index in [9.17, 15) is 10.1 Å². The molecule has 0 amide bonds. The molecule has 0 bridgehead atoms. The fraction of sp³-hybridized carbons (Fsp3) is 0.167. The molecule has 6 nitrogen and oxygen atoms in total. The molecular weight excluding hydrogens is 416 g/mol. The van der Waals surface area contributed by atoms with Gasteiger partial charge in [0.1, 0.15) is 35.5 Å². The number of aryl methyl sites for hydroxylation is 2. The molecule has 0 unspecified atom stereocenters. The summed E-state index contributed by atoms with van der Waals surface area (Å²) in [6, 6.07) is 16.6. The first-order valence-corrected chi connectivity index (χ1v) is 9.95. The van der Waals surface area contributed by atoms with Gasteiger partial charge in [0.05, 0.1) is 11.5 Å². The maximum atomic E-state index is 12.8. The fourth-order valence-electron chi connectivity index (χ4n) is 3.55. The Kier molecular flexibility index (Phi) is 5.45. The lowest BCUT2D eigenvalue weighted by atomic mass is 9.84. The molecule has 4 rings (SSSR count). The molecule has 1 aromatic heterocycles. The molecule has 0 aliphatic carbocycles. The maximum absolute atomic E-state index is 12.8. The Balaban J connectivity index is 1.83. The molecule has 2 heterocycles. The summed E-state index contributed by atoms with van der Waals surface area (Å²) in [6.45, 7) is 3.95. The van der Waals surface area contributed by atoms with Crippen molar-refractivity contribution in [2.45, 2.75) is 26.4 Å². The third-order valence-corrected chi connectivity index (χ3v) is 5.29. The zero-order chi connectivity index (χ0) is 22.1. The van der Waals surface area contributed by atoms with E-state index in [2.05, 4.69) is 6.07 Å². The Morgan fingerprint density at radius 3 is 2.61 bits per heavy atom. The van der Waals surface area contributed by atoms with Crippen LogP contribution in [0, 0.1) is 25.2 Å². The van der Waals surface area contributed by atoms with Crippen LogP contribution in [0.1, 0.15) is 33.9 Å². The first-order valence-electron chi connectivity index (χ1n) is 9.57. The van der Waals surface area contributed by atoms with E-state index in [0.717, 1.165) is 11.1 Å². The van der Waals surface area contributed by atoms with Crippen LogP contribution in [0.5, 0.6) is 11.5 Å². The summed E-state index contributed by atoms with van der Waals surface area (Å²) in [5, 5.41) is 10.2. The number of nitriles is 1. The van der Waals surface area contributed by atoms with Gasteiger partial charge in [-0.25, -0.2) is 4.79 Å². The van der Waals surface area contributed by atoms with Gasteiger partial charge in [-0.05, 0) is 37.6 Å². The molecule has 2 aromatic carbocycles. The number of rotatable bonds is 4. The van der Waals surface area contributed by atoms with Crippen LogP contribution >= 0.6 is 11.6 Å². The second-order valence-electron chi connectivity index (χ2n) is 7.30. The van der Waals surface area contributed by atoms with Gasteiger partial charge < -0.3 is 19.6 Å². The summed E-state index contributed by atoms with van der Waals surface area (Å²) in [5.41, 5.74) is 8.34. The van der Waals surface area contributed by atoms with Crippen LogP contribution in [0.2, 0.25) is 5.02 Å². The molecular formula is C24H19ClN2O4. The third kappa shape index (κ3) is 4.00. The molecule has 3 aromatic rings. The van der Waals surface area contributed by atoms with E-state index < -0.39 is 11.5 Å². The number of hydrogen-bond donors (Lipinski definition) is 1. The normalized spacial score (nSPS) is 15.1. The van der Waals surface area contributed by atoms with E-state index in [0.29, 0.717) is 28.7 Å². The van der Waals surface area contributed by atoms with Gasteiger partial charge in [0.15, 0.2) is 0 Å². The molecule has 156 valence electrons. The van der Waals surface area contributed by atoms with Crippen LogP contribution < -0.4 is 20.8 Å². The summed E-state index contributed by atoms with van der Waals surface area (Å²) >= 11 is 6.27. The van der Waals surface area contributed by atoms with Crippen molar-refractivity contribution < 1.29 is 13.9 Å². The molecule has 1 atom stereocenters. The number of ether oxygens (including phenoxy) is 2. The quantitative estimate of drug-likeness (QED) is 0.638. The molecule has 1 aliphatic rings. The highest BCUT2D eigenvalue weighted by molar-refractivity contribution is 6.30. The topological polar surface area (TPSA) is 98.5 Å². The zero-order valence-corrected chi connectivity index (χ0v) is 17.7. The highest BCUT2D eigenvalue weighted by atomic mass is 35.5. The number of hydrogen-bond acceptors (Lipinski definition) is 6. The molecule has 7 heteroatoms. The molecule has 0 spiro atoms. The molecule has 2 N–H and O–H groups in total. The molecule has 0 saturated carbocycles. The average Bonchev–Trinajstić information content (AvgIpc) is 2.72. The highest BCUT2D eigenvalue weighted by Gasteiger charge is 2.36. The van der Waals surface area contributed by atoms with Crippen molar-refractivity contribution in [1.29, 1.82) is 5.26 Å². The summed E-state index contributed by atoms with van der Waals surface area (Å²) in [5.74, 6) is 0.187. The second-order valence-corrected chi connectivity index (χ2v) is 7.74. The van der Waals surface area contributed by atoms with E-state index >= 15 is 0 Å². The molecule has 0 fully saturated rings. The summed E-state index contributed by atoms with van der Waals surface area (Å²) in [4.78, 5) is 12.8. The molecule has 0 radical (unpaired) electrons. The predicted molar refractivity (Wildman–Crippen MR) is 116 cm³/mol. The van der Waals surface area contributed by atoms with Crippen LogP contribution in [0.4, 0.5) is 0 Å². The van der Waals surface area contributed by atoms with Crippen LogP contribution in [0.15, 0.2) is 69.2 Å². The number of allylic oxidation sites excluding steroid dienone is 1. The smallest absolute Gasteiger partial charge is 0.343 e. The van der Waals surface area contributed by atoms with E-state index in [1.165, 1.54) is 0 Å². The van der Waals surface area contributed by atoms with Gasteiger partial charge in [-0.3, -0.25) is 0 Å². The molecule has 31 heavy (non-hydrogen) atoms. The lowest BCUT2D eigenvalue weighted by Crippen LogP contribution is -2.26. The second kappa shape index (κ2) is 8.21. The number of fused-ring (bicyclic) bond motifs is 1. The number of halogens is 1. The highest BCUT2D eigenvalue weighted by Crippen LogP contribution is 2.44. The van der Waals surface area contributed by atoms with Crippen LogP contribution in [-0.2, 0) is 6.61 Å². The van der Waals surface area contributed by atoms with Gasteiger partial charge >= 0.3 is 5.63 Å². The van der Waals surface area contributed by atoms with Crippen molar-refractivity contribution in [2.75, 3.05) is 0 Å². The van der Waals surface area contributed by atoms with E-state index in [1.807, 2.05) is 31.2 Å². The van der Waals surface area contributed by atoms with E-state index in [4.69, 9.17) is 31.2 Å². The van der Waals surface area contributed by atoms with E-state index in [-0.39, 0.29) is 22.8 Å². The third-order valence-electron chi connectivity index (χ3n) is 5.05. The fourth-order valence-corrected chi connectivity index (χ4v) is 3.73. The largest absolute Gasteiger partial charge is 0.489 e. The van der Waals surface area contributed by atoms with Gasteiger partial charge in [0.2, 0.25) is 5.88 Å². The van der Waals surface area contributed by atoms with Crippen molar-refractivity contribution in [1.82, 2.24) is 0 Å². The zero-order valence-electron chi connectivity index (χ0n) is 16.9. The Morgan fingerprint density at radius 1 is 1.16 bits per heavy atom. The van der Waals surface area contributed by atoms with Gasteiger partial charge in [-0.2, -0.15) is 5.26 Å². The average molecular weight is 435 g/mol. The number of nitrogens with two attached hydrogens (primary N) is 1. The van der Waals surface area contributed by atoms with Crippen LogP contribution in [0.3, 0.4) is 0 Å². The van der Waals surface area contributed by atoms with Crippen molar-refractivity contribution in [2.24, 2.45) is 5.73 Å². The molecule has 0 saturated heterocycles. The number of nitrogens with zero attached hydrogens (tertiary/aromatic N) is 1. The Hall–Kier alpha value is -3.69. The lowest BCUT2D eigenvalue weighted by Gasteiger charge is -2.26. The first kappa shape index (κ1) is 20.6. The Bertz CT molecular complexity index is 1290. The minimum atomic E-state index is -0.836. The van der Waals surface area contributed by atoms with Crippen molar-refractivity contribution >= 4 is 11.6 Å². The SMILES string of the molecule is Cc1ccc(COc2ccc(Cl)cc2[C@H]2C(C#N)=C(N)Oc3cc(C)oc(=O)c32)cc1. The van der Waals surface area contributed by atoms with Gasteiger partial charge in [-0.15, -0.1) is 0 Å². The Morgan fingerprint density at radius 2 is 1.90 bits per heavy atom. The monoisotopic (exact) mass is 434 g/mol. The maximum Gasteiger partial charge on any atom is 0.343 e. The van der Waals surface area contributed by atoms with Gasteiger partial charge in [0, 0.05) is 16.7 Å². The summed E-state index contributed by atoms with van der Waals surface area (Å²) in [6.07, 6.45) is 0. The minimum absolute atomic E-state index is 0.0746. The Labute approximate surface area is 184 Å². The summed E-state index contributed by atoms with van der Waals surface area (Å²) in [7, 11) is 0. The minimum Gasteiger partial charge on any atom is -0.489 e. The first-order chi connectivity index (χ1) is 14.9. The number of benzene rings is 2. The van der Waals surface area contributed by atoms with E-state index in [1.54, 1.807) is 31.2 Å². The van der Waals surface area contributed by atoms with Crippen LogP contribution in [0.25, 0.3) is 0 Å². The van der Waals surface area contributed by atoms with Gasteiger partial charge in [0.25, 0.3) is 0 Å². The lowest BCUT2D eigenvalue weighted by molar-refractivity contribution is 0.301. The standard InChI is InChI=1S/C24H19ClN2O4/c1-13-3-5-15(6-4-13)12-29-19-8-7-16(25)10-17(19)21-18(11-26)23(27)31-20-9-14(2)30-24(28)22(20)21/h3-10,21H,12,27H2,1-2H3/t21-/m0/s1. The molecule has 1 aliphatic heterocycles. The van der Waals surface area contributed by atoms with Crippen molar-refractivity contribution in [3.63, 3.8) is 0 Å².